The van der Waals surface area contributed by atoms with E-state index in [1.807, 2.05) is 26.4 Å². The molecule has 0 amide bonds. The molecule has 0 aromatic carbocycles. The normalized spacial score (nSPS) is 13.2. The molecule has 0 radical (unpaired) electrons. The third-order valence-corrected chi connectivity index (χ3v) is 2.81. The SMILES string of the molecule is CCOCCN(CC)CC(N)c1cnn(C)c1. The first-order valence-corrected chi connectivity index (χ1v) is 6.21. The minimum Gasteiger partial charge on any atom is -0.380 e. The Hall–Kier alpha value is -0.910. The summed E-state index contributed by atoms with van der Waals surface area (Å²) in [7, 11) is 1.91. The minimum atomic E-state index is 0.0188. The molecule has 0 aliphatic heterocycles. The topological polar surface area (TPSA) is 56.3 Å². The van der Waals surface area contributed by atoms with E-state index in [-0.39, 0.29) is 6.04 Å². The second-order valence-corrected chi connectivity index (χ2v) is 4.14. The molecule has 17 heavy (non-hydrogen) atoms. The van der Waals surface area contributed by atoms with Crippen LogP contribution < -0.4 is 5.73 Å². The molecule has 2 N–H and O–H groups in total. The van der Waals surface area contributed by atoms with Crippen molar-refractivity contribution >= 4 is 0 Å². The molecule has 0 fully saturated rings. The van der Waals surface area contributed by atoms with E-state index in [0.29, 0.717) is 0 Å². The maximum atomic E-state index is 6.15. The van der Waals surface area contributed by atoms with Gasteiger partial charge in [-0.15, -0.1) is 0 Å². The third kappa shape index (κ3) is 4.85. The largest absolute Gasteiger partial charge is 0.380 e. The van der Waals surface area contributed by atoms with Gasteiger partial charge in [0.15, 0.2) is 0 Å². The Labute approximate surface area is 104 Å². The first-order chi connectivity index (χ1) is 8.17. The Morgan fingerprint density at radius 2 is 2.29 bits per heavy atom. The van der Waals surface area contributed by atoms with E-state index in [0.717, 1.165) is 38.4 Å². The Bertz CT molecular complexity index is 313. The highest BCUT2D eigenvalue weighted by Crippen LogP contribution is 2.10. The van der Waals surface area contributed by atoms with Gasteiger partial charge < -0.3 is 10.5 Å². The monoisotopic (exact) mass is 240 g/mol. The van der Waals surface area contributed by atoms with Crippen molar-refractivity contribution < 1.29 is 4.74 Å². The molecule has 1 atom stereocenters. The van der Waals surface area contributed by atoms with E-state index < -0.39 is 0 Å². The third-order valence-electron chi connectivity index (χ3n) is 2.81. The average molecular weight is 240 g/mol. The van der Waals surface area contributed by atoms with Crippen LogP contribution in [0, 0.1) is 0 Å². The van der Waals surface area contributed by atoms with Crippen molar-refractivity contribution in [1.29, 1.82) is 0 Å². The lowest BCUT2D eigenvalue weighted by molar-refractivity contribution is 0.113. The Morgan fingerprint density at radius 3 is 2.82 bits per heavy atom. The smallest absolute Gasteiger partial charge is 0.0593 e. The summed E-state index contributed by atoms with van der Waals surface area (Å²) in [6.45, 7) is 8.45. The van der Waals surface area contributed by atoms with Gasteiger partial charge in [0.1, 0.15) is 0 Å². The lowest BCUT2D eigenvalue weighted by Gasteiger charge is -2.23. The van der Waals surface area contributed by atoms with E-state index in [2.05, 4.69) is 16.9 Å². The molecule has 0 spiro atoms. The summed E-state index contributed by atoms with van der Waals surface area (Å²) in [5, 5.41) is 4.14. The predicted molar refractivity (Wildman–Crippen MR) is 68.7 cm³/mol. The molecule has 5 heteroatoms. The fraction of sp³-hybridized carbons (Fsp3) is 0.750. The van der Waals surface area contributed by atoms with E-state index in [9.17, 15) is 0 Å². The summed E-state index contributed by atoms with van der Waals surface area (Å²) in [6, 6.07) is 0.0188. The van der Waals surface area contributed by atoms with Gasteiger partial charge in [0, 0.05) is 44.5 Å². The number of hydrogen-bond acceptors (Lipinski definition) is 4. The molecular formula is C12H24N4O. The van der Waals surface area contributed by atoms with Gasteiger partial charge in [0.25, 0.3) is 0 Å². The van der Waals surface area contributed by atoms with Gasteiger partial charge in [-0.05, 0) is 13.5 Å². The first-order valence-electron chi connectivity index (χ1n) is 6.21. The molecule has 0 aliphatic carbocycles. The highest BCUT2D eigenvalue weighted by molar-refractivity contribution is 5.09. The fourth-order valence-corrected chi connectivity index (χ4v) is 1.73. The molecule has 1 aromatic rings. The molecule has 1 heterocycles. The van der Waals surface area contributed by atoms with Gasteiger partial charge in [-0.1, -0.05) is 6.92 Å². The quantitative estimate of drug-likeness (QED) is 0.682. The van der Waals surface area contributed by atoms with Crippen molar-refractivity contribution in [1.82, 2.24) is 14.7 Å². The zero-order chi connectivity index (χ0) is 12.7. The highest BCUT2D eigenvalue weighted by atomic mass is 16.5. The number of likely N-dealkylation sites (N-methyl/N-ethyl adjacent to an activating group) is 1. The van der Waals surface area contributed by atoms with Crippen LogP contribution in [0.15, 0.2) is 12.4 Å². The fourth-order valence-electron chi connectivity index (χ4n) is 1.73. The number of hydrogen-bond donors (Lipinski definition) is 1. The number of nitrogens with two attached hydrogens (primary N) is 1. The lowest BCUT2D eigenvalue weighted by Crippen LogP contribution is -2.34. The molecular weight excluding hydrogens is 216 g/mol. The van der Waals surface area contributed by atoms with Crippen LogP contribution in [-0.4, -0.2) is 47.5 Å². The van der Waals surface area contributed by atoms with Crippen LogP contribution >= 0.6 is 0 Å². The zero-order valence-electron chi connectivity index (χ0n) is 11.1. The number of aryl methyl sites for hydroxylation is 1. The lowest BCUT2D eigenvalue weighted by atomic mass is 10.1. The number of aromatic nitrogens is 2. The van der Waals surface area contributed by atoms with Gasteiger partial charge in [-0.25, -0.2) is 0 Å². The second-order valence-electron chi connectivity index (χ2n) is 4.14. The molecule has 5 nitrogen and oxygen atoms in total. The van der Waals surface area contributed by atoms with E-state index in [1.54, 1.807) is 4.68 Å². The first kappa shape index (κ1) is 14.2. The second kappa shape index (κ2) is 7.42. The van der Waals surface area contributed by atoms with Crippen molar-refractivity contribution in [3.63, 3.8) is 0 Å². The van der Waals surface area contributed by atoms with Gasteiger partial charge in [0.05, 0.1) is 12.8 Å². The summed E-state index contributed by atoms with van der Waals surface area (Å²) < 4.78 is 7.14. The number of nitrogens with zero attached hydrogens (tertiary/aromatic N) is 3. The molecule has 0 saturated carbocycles. The molecule has 0 saturated heterocycles. The highest BCUT2D eigenvalue weighted by Gasteiger charge is 2.12. The van der Waals surface area contributed by atoms with Crippen molar-refractivity contribution in [2.45, 2.75) is 19.9 Å². The molecule has 1 rings (SSSR count). The van der Waals surface area contributed by atoms with Crippen molar-refractivity contribution in [2.75, 3.05) is 32.8 Å². The van der Waals surface area contributed by atoms with E-state index in [1.165, 1.54) is 0 Å². The Kier molecular flexibility index (Phi) is 6.18. The van der Waals surface area contributed by atoms with Gasteiger partial charge in [-0.3, -0.25) is 9.58 Å². The summed E-state index contributed by atoms with van der Waals surface area (Å²) in [5.41, 5.74) is 7.24. The van der Waals surface area contributed by atoms with Crippen molar-refractivity contribution in [2.24, 2.45) is 12.8 Å². The summed E-state index contributed by atoms with van der Waals surface area (Å²) in [4.78, 5) is 2.30. The van der Waals surface area contributed by atoms with Crippen LogP contribution in [0.4, 0.5) is 0 Å². The van der Waals surface area contributed by atoms with Gasteiger partial charge >= 0.3 is 0 Å². The maximum absolute atomic E-state index is 6.15. The van der Waals surface area contributed by atoms with Crippen LogP contribution in [-0.2, 0) is 11.8 Å². The average Bonchev–Trinajstić information content (AvgIpc) is 2.74. The summed E-state index contributed by atoms with van der Waals surface area (Å²) in [6.07, 6.45) is 3.81. The van der Waals surface area contributed by atoms with Crippen molar-refractivity contribution in [3.8, 4) is 0 Å². The zero-order valence-corrected chi connectivity index (χ0v) is 11.1. The Balaban J connectivity index is 2.39. The van der Waals surface area contributed by atoms with Gasteiger partial charge in [-0.2, -0.15) is 5.10 Å². The van der Waals surface area contributed by atoms with Crippen LogP contribution in [0.5, 0.6) is 0 Å². The number of rotatable bonds is 8. The van der Waals surface area contributed by atoms with Crippen LogP contribution in [0.25, 0.3) is 0 Å². The molecule has 1 aromatic heterocycles. The van der Waals surface area contributed by atoms with Crippen LogP contribution in [0.2, 0.25) is 0 Å². The summed E-state index contributed by atoms with van der Waals surface area (Å²) >= 11 is 0. The van der Waals surface area contributed by atoms with Gasteiger partial charge in [0.2, 0.25) is 0 Å². The van der Waals surface area contributed by atoms with E-state index >= 15 is 0 Å². The Morgan fingerprint density at radius 1 is 1.53 bits per heavy atom. The summed E-state index contributed by atoms with van der Waals surface area (Å²) in [5.74, 6) is 0. The standard InChI is InChI=1S/C12H24N4O/c1-4-16(6-7-17-5-2)10-12(13)11-8-14-15(3)9-11/h8-9,12H,4-7,10,13H2,1-3H3. The molecule has 1 unspecified atom stereocenters. The predicted octanol–water partition coefficient (Wildman–Crippen LogP) is 0.778. The maximum Gasteiger partial charge on any atom is 0.0593 e. The van der Waals surface area contributed by atoms with Crippen LogP contribution in [0.3, 0.4) is 0 Å². The molecule has 0 aliphatic rings. The number of ether oxygens (including phenoxy) is 1. The minimum absolute atomic E-state index is 0.0188. The molecule has 98 valence electrons. The van der Waals surface area contributed by atoms with E-state index in [4.69, 9.17) is 10.5 Å². The molecule has 0 bridgehead atoms. The van der Waals surface area contributed by atoms with Crippen molar-refractivity contribution in [3.05, 3.63) is 18.0 Å². The van der Waals surface area contributed by atoms with Crippen LogP contribution in [0.1, 0.15) is 25.5 Å².